The molecule has 110 valence electrons. The minimum atomic E-state index is -3.70. The molecular weight excluding hydrogens is 298 g/mol. The number of thioether (sulfide) groups is 1. The second kappa shape index (κ2) is 5.88. The Balaban J connectivity index is 2.24. The topological polar surface area (TPSA) is 92.7 Å². The van der Waals surface area contributed by atoms with Gasteiger partial charge in [0.1, 0.15) is 5.82 Å². The van der Waals surface area contributed by atoms with Gasteiger partial charge in [0.25, 0.3) is 10.0 Å². The normalized spacial score (nSPS) is 13.3. The molecular formula is C11H17N5O2S2. The SMILES string of the molecule is CC[C@@H](C)n1cnc(S(=O)(=O)Nc2[nH]ncc2SC)c1. The van der Waals surface area contributed by atoms with E-state index in [1.165, 1.54) is 24.3 Å². The van der Waals surface area contributed by atoms with Gasteiger partial charge in [0.05, 0.1) is 17.4 Å². The van der Waals surface area contributed by atoms with Crippen molar-refractivity contribution in [2.24, 2.45) is 0 Å². The van der Waals surface area contributed by atoms with Gasteiger partial charge in [-0.1, -0.05) is 6.92 Å². The number of imidazole rings is 1. The van der Waals surface area contributed by atoms with Crippen molar-refractivity contribution in [1.29, 1.82) is 0 Å². The second-order valence-electron chi connectivity index (χ2n) is 4.34. The molecule has 0 spiro atoms. The van der Waals surface area contributed by atoms with Crippen LogP contribution in [0.4, 0.5) is 5.82 Å². The van der Waals surface area contributed by atoms with E-state index in [0.29, 0.717) is 5.82 Å². The van der Waals surface area contributed by atoms with Crippen LogP contribution in [0.5, 0.6) is 0 Å². The molecule has 2 rings (SSSR count). The zero-order valence-electron chi connectivity index (χ0n) is 11.5. The average Bonchev–Trinajstić information content (AvgIpc) is 3.06. The first-order valence-corrected chi connectivity index (χ1v) is 8.82. The highest BCUT2D eigenvalue weighted by Gasteiger charge is 2.20. The van der Waals surface area contributed by atoms with Gasteiger partial charge < -0.3 is 4.57 Å². The number of nitrogens with zero attached hydrogens (tertiary/aromatic N) is 3. The maximum atomic E-state index is 12.2. The van der Waals surface area contributed by atoms with Crippen LogP contribution in [0.15, 0.2) is 28.6 Å². The monoisotopic (exact) mass is 315 g/mol. The Hall–Kier alpha value is -1.48. The largest absolute Gasteiger partial charge is 0.333 e. The lowest BCUT2D eigenvalue weighted by atomic mass is 10.3. The summed E-state index contributed by atoms with van der Waals surface area (Å²) in [6, 6.07) is 0.209. The third-order valence-electron chi connectivity index (χ3n) is 3.01. The van der Waals surface area contributed by atoms with Crippen molar-refractivity contribution < 1.29 is 8.42 Å². The number of hydrogen-bond donors (Lipinski definition) is 2. The van der Waals surface area contributed by atoms with E-state index in [1.807, 2.05) is 20.1 Å². The Morgan fingerprint density at radius 1 is 1.55 bits per heavy atom. The molecule has 2 heterocycles. The van der Waals surface area contributed by atoms with Gasteiger partial charge in [0, 0.05) is 12.2 Å². The van der Waals surface area contributed by atoms with Gasteiger partial charge in [-0.25, -0.2) is 4.98 Å². The molecule has 2 aromatic heterocycles. The van der Waals surface area contributed by atoms with Crippen molar-refractivity contribution in [3.8, 4) is 0 Å². The molecule has 0 fully saturated rings. The van der Waals surface area contributed by atoms with E-state index in [9.17, 15) is 8.42 Å². The molecule has 0 radical (unpaired) electrons. The first kappa shape index (κ1) is 14.9. The summed E-state index contributed by atoms with van der Waals surface area (Å²) in [6.07, 6.45) is 7.39. The molecule has 7 nitrogen and oxygen atoms in total. The minimum absolute atomic E-state index is 0.000506. The van der Waals surface area contributed by atoms with Gasteiger partial charge in [0.2, 0.25) is 0 Å². The van der Waals surface area contributed by atoms with E-state index >= 15 is 0 Å². The third-order valence-corrected chi connectivity index (χ3v) is 5.00. The summed E-state index contributed by atoms with van der Waals surface area (Å²) in [7, 11) is -3.70. The maximum absolute atomic E-state index is 12.2. The summed E-state index contributed by atoms with van der Waals surface area (Å²) >= 11 is 1.41. The van der Waals surface area contributed by atoms with E-state index in [-0.39, 0.29) is 11.1 Å². The second-order valence-corrected chi connectivity index (χ2v) is 6.81. The van der Waals surface area contributed by atoms with Crippen LogP contribution >= 0.6 is 11.8 Å². The number of sulfonamides is 1. The zero-order valence-corrected chi connectivity index (χ0v) is 13.1. The molecule has 0 aliphatic heterocycles. The molecule has 0 unspecified atom stereocenters. The number of aromatic amines is 1. The van der Waals surface area contributed by atoms with Crippen LogP contribution in [0.1, 0.15) is 26.3 Å². The molecule has 20 heavy (non-hydrogen) atoms. The number of H-pyrrole nitrogens is 1. The molecule has 1 atom stereocenters. The molecule has 0 aromatic carbocycles. The molecule has 0 saturated heterocycles. The number of hydrogen-bond acceptors (Lipinski definition) is 5. The standard InChI is InChI=1S/C11H17N5O2S2/c1-4-8(2)16-6-10(12-7-16)20(17,18)15-11-9(19-3)5-13-14-11/h5-8H,4H2,1-3H3,(H2,13,14,15)/t8-/m1/s1. The molecule has 0 saturated carbocycles. The fourth-order valence-corrected chi connectivity index (χ4v) is 3.10. The van der Waals surface area contributed by atoms with Crippen molar-refractivity contribution in [1.82, 2.24) is 19.7 Å². The first-order chi connectivity index (χ1) is 9.47. The first-order valence-electron chi connectivity index (χ1n) is 6.11. The summed E-state index contributed by atoms with van der Waals surface area (Å²) in [6.45, 7) is 4.04. The minimum Gasteiger partial charge on any atom is -0.333 e. The Kier molecular flexibility index (Phi) is 4.39. The summed E-state index contributed by atoms with van der Waals surface area (Å²) in [5, 5.41) is 6.45. The summed E-state index contributed by atoms with van der Waals surface area (Å²) in [4.78, 5) is 4.70. The van der Waals surface area contributed by atoms with Crippen LogP contribution in [0.25, 0.3) is 0 Å². The van der Waals surface area contributed by atoms with E-state index < -0.39 is 10.0 Å². The number of anilines is 1. The smallest absolute Gasteiger partial charge is 0.282 e. The van der Waals surface area contributed by atoms with Crippen molar-refractivity contribution in [3.05, 3.63) is 18.7 Å². The van der Waals surface area contributed by atoms with Gasteiger partial charge in [0.15, 0.2) is 5.03 Å². The molecule has 0 amide bonds. The van der Waals surface area contributed by atoms with Crippen molar-refractivity contribution in [2.45, 2.75) is 36.2 Å². The van der Waals surface area contributed by atoms with Gasteiger partial charge in [-0.05, 0) is 19.6 Å². The van der Waals surface area contributed by atoms with Crippen LogP contribution in [0.2, 0.25) is 0 Å². The Morgan fingerprint density at radius 2 is 2.30 bits per heavy atom. The Labute approximate surface area is 122 Å². The predicted octanol–water partition coefficient (Wildman–Crippen LogP) is 2.10. The molecule has 2 N–H and O–H groups in total. The van der Waals surface area contributed by atoms with E-state index in [0.717, 1.165) is 11.3 Å². The Bertz CT molecular complexity index is 677. The summed E-state index contributed by atoms with van der Waals surface area (Å²) in [5.41, 5.74) is 0. The van der Waals surface area contributed by atoms with Crippen LogP contribution in [0, 0.1) is 0 Å². The van der Waals surface area contributed by atoms with Crippen molar-refractivity contribution in [2.75, 3.05) is 11.0 Å². The molecule has 2 aromatic rings. The summed E-state index contributed by atoms with van der Waals surface area (Å²) in [5.74, 6) is 0.357. The molecule has 0 bridgehead atoms. The molecule has 9 heteroatoms. The number of rotatable bonds is 6. The number of aromatic nitrogens is 4. The van der Waals surface area contributed by atoms with Gasteiger partial charge in [-0.2, -0.15) is 13.5 Å². The molecule has 0 aliphatic carbocycles. The zero-order chi connectivity index (χ0) is 14.8. The fraction of sp³-hybridized carbons (Fsp3) is 0.455. The lowest BCUT2D eigenvalue weighted by Crippen LogP contribution is -2.14. The lowest BCUT2D eigenvalue weighted by Gasteiger charge is -2.08. The van der Waals surface area contributed by atoms with E-state index in [4.69, 9.17) is 0 Å². The quantitative estimate of drug-likeness (QED) is 0.796. The highest BCUT2D eigenvalue weighted by molar-refractivity contribution is 7.99. The fourth-order valence-electron chi connectivity index (χ4n) is 1.60. The lowest BCUT2D eigenvalue weighted by molar-refractivity contribution is 0.529. The van der Waals surface area contributed by atoms with Crippen LogP contribution in [-0.2, 0) is 10.0 Å². The van der Waals surface area contributed by atoms with Crippen molar-refractivity contribution in [3.63, 3.8) is 0 Å². The van der Waals surface area contributed by atoms with E-state index in [1.54, 1.807) is 10.8 Å². The average molecular weight is 315 g/mol. The predicted molar refractivity (Wildman–Crippen MR) is 78.4 cm³/mol. The van der Waals surface area contributed by atoms with Crippen LogP contribution < -0.4 is 4.72 Å². The number of nitrogens with one attached hydrogen (secondary N) is 2. The van der Waals surface area contributed by atoms with Crippen molar-refractivity contribution >= 4 is 27.6 Å². The highest BCUT2D eigenvalue weighted by Crippen LogP contribution is 2.24. The molecule has 0 aliphatic rings. The van der Waals surface area contributed by atoms with Crippen LogP contribution in [-0.4, -0.2) is 34.4 Å². The third kappa shape index (κ3) is 2.98. The van der Waals surface area contributed by atoms with Gasteiger partial charge in [-0.3, -0.25) is 9.82 Å². The van der Waals surface area contributed by atoms with Gasteiger partial charge >= 0.3 is 0 Å². The highest BCUT2D eigenvalue weighted by atomic mass is 32.2. The maximum Gasteiger partial charge on any atom is 0.282 e. The Morgan fingerprint density at radius 3 is 2.95 bits per heavy atom. The van der Waals surface area contributed by atoms with Crippen LogP contribution in [0.3, 0.4) is 0 Å². The van der Waals surface area contributed by atoms with E-state index in [2.05, 4.69) is 19.9 Å². The van der Waals surface area contributed by atoms with Gasteiger partial charge in [-0.15, -0.1) is 11.8 Å². The summed E-state index contributed by atoms with van der Waals surface area (Å²) < 4.78 is 28.7.